The Bertz CT molecular complexity index is 555. The van der Waals surface area contributed by atoms with Gasteiger partial charge in [0, 0.05) is 40.4 Å². The summed E-state index contributed by atoms with van der Waals surface area (Å²) in [5.41, 5.74) is 0.858. The van der Waals surface area contributed by atoms with Crippen molar-refractivity contribution in [2.75, 3.05) is 33.9 Å². The van der Waals surface area contributed by atoms with Gasteiger partial charge in [0.05, 0.1) is 0 Å². The van der Waals surface area contributed by atoms with E-state index < -0.39 is 6.61 Å². The number of halogens is 3. The number of nitrogens with zero attached hydrogens (tertiary/aromatic N) is 2. The smallest absolute Gasteiger partial charge is 0.387 e. The average Bonchev–Trinajstić information content (AvgIpc) is 2.61. The van der Waals surface area contributed by atoms with E-state index >= 15 is 0 Å². The van der Waals surface area contributed by atoms with Gasteiger partial charge in [0.25, 0.3) is 0 Å². The maximum absolute atomic E-state index is 12.3. The van der Waals surface area contributed by atoms with Gasteiger partial charge in [-0.2, -0.15) is 8.78 Å². The van der Waals surface area contributed by atoms with Crippen LogP contribution in [0.25, 0.3) is 0 Å². The Labute approximate surface area is 171 Å². The first-order chi connectivity index (χ1) is 12.1. The van der Waals surface area contributed by atoms with E-state index in [0.717, 1.165) is 50.5 Å². The molecule has 1 aliphatic rings. The van der Waals surface area contributed by atoms with Crippen LogP contribution in [0, 0.1) is 5.92 Å². The van der Waals surface area contributed by atoms with E-state index in [4.69, 9.17) is 4.74 Å². The largest absolute Gasteiger partial charge is 0.435 e. The molecule has 0 saturated carbocycles. The van der Waals surface area contributed by atoms with Crippen molar-refractivity contribution >= 4 is 29.9 Å². The minimum absolute atomic E-state index is 0. The highest BCUT2D eigenvalue weighted by Crippen LogP contribution is 2.19. The van der Waals surface area contributed by atoms with Gasteiger partial charge in [0.1, 0.15) is 5.75 Å². The second-order valence-corrected chi connectivity index (χ2v) is 6.19. The van der Waals surface area contributed by atoms with Crippen LogP contribution >= 0.6 is 24.0 Å². The summed E-state index contributed by atoms with van der Waals surface area (Å²) in [5, 5.41) is 3.26. The first kappa shape index (κ1) is 22.9. The monoisotopic (exact) mass is 483 g/mol. The fraction of sp³-hybridized carbons (Fsp3) is 0.611. The Morgan fingerprint density at radius 3 is 2.77 bits per heavy atom. The summed E-state index contributed by atoms with van der Waals surface area (Å²) in [6, 6.07) is 6.69. The lowest BCUT2D eigenvalue weighted by molar-refractivity contribution is -0.0498. The van der Waals surface area contributed by atoms with Crippen LogP contribution in [0.3, 0.4) is 0 Å². The third-order valence-electron chi connectivity index (χ3n) is 4.36. The molecule has 0 aliphatic carbocycles. The molecule has 5 nitrogen and oxygen atoms in total. The Morgan fingerprint density at radius 1 is 1.38 bits per heavy atom. The number of aliphatic imine (C=N–C) groups is 1. The van der Waals surface area contributed by atoms with Crippen LogP contribution < -0.4 is 10.1 Å². The van der Waals surface area contributed by atoms with Gasteiger partial charge in [-0.15, -0.1) is 24.0 Å². The van der Waals surface area contributed by atoms with Crippen LogP contribution in [0.5, 0.6) is 5.75 Å². The number of rotatable bonds is 7. The molecular formula is C18H28F2IN3O2. The molecule has 0 unspecified atom stereocenters. The molecule has 0 amide bonds. The third kappa shape index (κ3) is 8.03. The molecule has 1 aliphatic heterocycles. The second kappa shape index (κ2) is 12.3. The van der Waals surface area contributed by atoms with Gasteiger partial charge in [0.2, 0.25) is 0 Å². The summed E-state index contributed by atoms with van der Waals surface area (Å²) < 4.78 is 34.4. The van der Waals surface area contributed by atoms with E-state index in [-0.39, 0.29) is 29.7 Å². The molecule has 148 valence electrons. The summed E-state index contributed by atoms with van der Waals surface area (Å²) in [6.45, 7) is 0.317. The number of hydrogen-bond acceptors (Lipinski definition) is 3. The number of guanidine groups is 1. The Morgan fingerprint density at radius 2 is 2.12 bits per heavy atom. The zero-order chi connectivity index (χ0) is 18.1. The maximum atomic E-state index is 12.3. The van der Waals surface area contributed by atoms with Crippen LogP contribution in [-0.4, -0.2) is 51.3 Å². The molecule has 0 atom stereocenters. The Hall–Kier alpha value is -1.16. The molecule has 1 heterocycles. The van der Waals surface area contributed by atoms with E-state index in [0.29, 0.717) is 12.5 Å². The quantitative estimate of drug-likeness (QED) is 0.365. The van der Waals surface area contributed by atoms with E-state index in [2.05, 4.69) is 19.9 Å². The van der Waals surface area contributed by atoms with E-state index in [9.17, 15) is 8.78 Å². The minimum atomic E-state index is -2.81. The summed E-state index contributed by atoms with van der Waals surface area (Å²) in [4.78, 5) is 6.39. The normalized spacial score (nSPS) is 15.5. The lowest BCUT2D eigenvalue weighted by Crippen LogP contribution is -2.39. The van der Waals surface area contributed by atoms with E-state index in [1.807, 2.05) is 13.1 Å². The van der Waals surface area contributed by atoms with E-state index in [1.54, 1.807) is 19.2 Å². The predicted molar refractivity (Wildman–Crippen MR) is 109 cm³/mol. The number of ether oxygens (including phenoxy) is 2. The Kier molecular flexibility index (Phi) is 10.8. The number of hydrogen-bond donors (Lipinski definition) is 1. The zero-order valence-electron chi connectivity index (χ0n) is 15.3. The topological polar surface area (TPSA) is 46.1 Å². The molecule has 1 aromatic carbocycles. The molecule has 26 heavy (non-hydrogen) atoms. The fourth-order valence-corrected chi connectivity index (χ4v) is 2.91. The predicted octanol–water partition coefficient (Wildman–Crippen LogP) is 3.73. The maximum Gasteiger partial charge on any atom is 0.387 e. The molecule has 0 radical (unpaired) electrons. The summed E-state index contributed by atoms with van der Waals surface area (Å²) >= 11 is 0. The summed E-state index contributed by atoms with van der Waals surface area (Å²) in [7, 11) is 3.74. The number of nitrogens with one attached hydrogen (secondary N) is 1. The van der Waals surface area contributed by atoms with Crippen LogP contribution in [0.15, 0.2) is 29.3 Å². The molecular weight excluding hydrogens is 455 g/mol. The van der Waals surface area contributed by atoms with Crippen LogP contribution in [0.1, 0.15) is 24.8 Å². The van der Waals surface area contributed by atoms with Crippen molar-refractivity contribution in [3.8, 4) is 5.75 Å². The molecule has 2 rings (SSSR count). The van der Waals surface area contributed by atoms with Crippen LogP contribution in [-0.2, 0) is 11.3 Å². The first-order valence-electron chi connectivity index (χ1n) is 8.61. The molecule has 1 fully saturated rings. The lowest BCUT2D eigenvalue weighted by Gasteiger charge is -2.26. The van der Waals surface area contributed by atoms with Crippen molar-refractivity contribution in [1.82, 2.24) is 10.2 Å². The molecule has 8 heteroatoms. The molecule has 1 aromatic rings. The van der Waals surface area contributed by atoms with Crippen molar-refractivity contribution in [1.29, 1.82) is 0 Å². The van der Waals surface area contributed by atoms with Gasteiger partial charge in [-0.1, -0.05) is 12.1 Å². The van der Waals surface area contributed by atoms with Gasteiger partial charge >= 0.3 is 6.61 Å². The van der Waals surface area contributed by atoms with Gasteiger partial charge in [-0.05, 0) is 42.9 Å². The summed E-state index contributed by atoms with van der Waals surface area (Å²) in [6.07, 6.45) is 3.35. The zero-order valence-corrected chi connectivity index (χ0v) is 17.6. The third-order valence-corrected chi connectivity index (χ3v) is 4.36. The van der Waals surface area contributed by atoms with Gasteiger partial charge in [-0.3, -0.25) is 4.99 Å². The minimum Gasteiger partial charge on any atom is -0.435 e. The van der Waals surface area contributed by atoms with Crippen molar-refractivity contribution in [2.45, 2.75) is 32.4 Å². The van der Waals surface area contributed by atoms with Crippen LogP contribution in [0.4, 0.5) is 8.78 Å². The Balaban J connectivity index is 0.00000338. The average molecular weight is 483 g/mol. The standard InChI is InChI=1S/C18H27F2N3O2.HI/c1-21-18(23(2)9-6-14-7-10-24-11-8-14)22-13-15-4-3-5-16(12-15)25-17(19)20;/h3-5,12,14,17H,6-11,13H2,1-2H3,(H,21,22);1H. The highest BCUT2D eigenvalue weighted by atomic mass is 127. The fourth-order valence-electron chi connectivity index (χ4n) is 2.91. The molecule has 1 N–H and O–H groups in total. The number of alkyl halides is 2. The van der Waals surface area contributed by atoms with Gasteiger partial charge in [0.15, 0.2) is 5.96 Å². The molecule has 1 saturated heterocycles. The SMILES string of the molecule is CN=C(NCc1cccc(OC(F)F)c1)N(C)CCC1CCOCC1.I. The van der Waals surface area contributed by atoms with Crippen molar-refractivity contribution in [3.63, 3.8) is 0 Å². The molecule has 0 spiro atoms. The van der Waals surface area contributed by atoms with E-state index in [1.165, 1.54) is 6.07 Å². The van der Waals surface area contributed by atoms with Gasteiger partial charge < -0.3 is 19.7 Å². The van der Waals surface area contributed by atoms with Crippen LogP contribution in [0.2, 0.25) is 0 Å². The number of benzene rings is 1. The van der Waals surface area contributed by atoms with Crippen molar-refractivity contribution in [2.24, 2.45) is 10.9 Å². The van der Waals surface area contributed by atoms with Gasteiger partial charge in [-0.25, -0.2) is 0 Å². The highest BCUT2D eigenvalue weighted by Gasteiger charge is 2.15. The lowest BCUT2D eigenvalue weighted by atomic mass is 9.96. The summed E-state index contributed by atoms with van der Waals surface area (Å²) in [5.74, 6) is 1.65. The van der Waals surface area contributed by atoms with Crippen molar-refractivity contribution < 1.29 is 18.3 Å². The molecule has 0 aromatic heterocycles. The molecule has 0 bridgehead atoms. The van der Waals surface area contributed by atoms with Crippen molar-refractivity contribution in [3.05, 3.63) is 29.8 Å². The first-order valence-corrected chi connectivity index (χ1v) is 8.61. The highest BCUT2D eigenvalue weighted by molar-refractivity contribution is 14.0. The second-order valence-electron chi connectivity index (χ2n) is 6.19.